The molecule has 0 fully saturated rings. The van der Waals surface area contributed by atoms with E-state index < -0.39 is 24.5 Å². The monoisotopic (exact) mass is 354 g/mol. The molecule has 3 aromatic rings. The van der Waals surface area contributed by atoms with Gasteiger partial charge in [-0.2, -0.15) is 0 Å². The lowest BCUT2D eigenvalue weighted by Gasteiger charge is -2.13. The van der Waals surface area contributed by atoms with Gasteiger partial charge < -0.3 is 9.72 Å². The van der Waals surface area contributed by atoms with Crippen molar-refractivity contribution >= 4 is 40.3 Å². The van der Waals surface area contributed by atoms with Gasteiger partial charge >= 0.3 is 5.97 Å². The molecule has 2 heterocycles. The van der Waals surface area contributed by atoms with Gasteiger partial charge in [0.1, 0.15) is 5.69 Å². The van der Waals surface area contributed by atoms with Crippen molar-refractivity contribution in [2.75, 3.05) is 6.73 Å². The number of para-hydroxylation sites is 1. The van der Waals surface area contributed by atoms with Gasteiger partial charge in [-0.1, -0.05) is 41.9 Å². The van der Waals surface area contributed by atoms with E-state index in [9.17, 15) is 14.4 Å². The molecule has 6 nitrogen and oxygen atoms in total. The fourth-order valence-corrected chi connectivity index (χ4v) is 3.09. The zero-order valence-electron chi connectivity index (χ0n) is 12.8. The van der Waals surface area contributed by atoms with Crippen LogP contribution in [0.2, 0.25) is 5.02 Å². The van der Waals surface area contributed by atoms with Crippen LogP contribution in [0.5, 0.6) is 0 Å². The van der Waals surface area contributed by atoms with Crippen molar-refractivity contribution in [1.29, 1.82) is 0 Å². The van der Waals surface area contributed by atoms with Gasteiger partial charge in [-0.25, -0.2) is 9.69 Å². The highest BCUT2D eigenvalue weighted by atomic mass is 35.5. The van der Waals surface area contributed by atoms with Crippen LogP contribution in [0.3, 0.4) is 0 Å². The number of imide groups is 1. The van der Waals surface area contributed by atoms with E-state index in [4.69, 9.17) is 16.3 Å². The van der Waals surface area contributed by atoms with Crippen LogP contribution in [0, 0.1) is 0 Å². The van der Waals surface area contributed by atoms with E-state index in [0.717, 1.165) is 4.90 Å². The summed E-state index contributed by atoms with van der Waals surface area (Å²) in [7, 11) is 0. The van der Waals surface area contributed by atoms with Gasteiger partial charge in [0, 0.05) is 10.9 Å². The number of aromatic amines is 1. The highest BCUT2D eigenvalue weighted by Gasteiger charge is 2.36. The van der Waals surface area contributed by atoms with Gasteiger partial charge in [-0.05, 0) is 18.2 Å². The number of H-pyrrole nitrogens is 1. The Kier molecular flexibility index (Phi) is 3.54. The maximum absolute atomic E-state index is 12.3. The third kappa shape index (κ3) is 2.38. The van der Waals surface area contributed by atoms with Gasteiger partial charge in [0.15, 0.2) is 6.73 Å². The van der Waals surface area contributed by atoms with Crippen molar-refractivity contribution in [2.45, 2.75) is 0 Å². The van der Waals surface area contributed by atoms with Crippen LogP contribution in [-0.2, 0) is 4.74 Å². The van der Waals surface area contributed by atoms with Crippen molar-refractivity contribution in [3.63, 3.8) is 0 Å². The molecule has 4 rings (SSSR count). The van der Waals surface area contributed by atoms with E-state index in [0.29, 0.717) is 22.0 Å². The fraction of sp³-hybridized carbons (Fsp3) is 0.0556. The molecule has 0 aliphatic carbocycles. The summed E-state index contributed by atoms with van der Waals surface area (Å²) in [6.07, 6.45) is 0. The van der Waals surface area contributed by atoms with E-state index in [1.165, 1.54) is 0 Å². The van der Waals surface area contributed by atoms with Crippen molar-refractivity contribution in [3.8, 4) is 0 Å². The SMILES string of the molecule is O=C(OCN1C(=O)c2ccccc2C1=O)c1[nH]c2ccccc2c1Cl. The van der Waals surface area contributed by atoms with Crippen LogP contribution in [-0.4, -0.2) is 34.4 Å². The smallest absolute Gasteiger partial charge is 0.358 e. The topological polar surface area (TPSA) is 79.5 Å². The van der Waals surface area contributed by atoms with Gasteiger partial charge in [0.25, 0.3) is 11.8 Å². The lowest BCUT2D eigenvalue weighted by molar-refractivity contribution is 0.0224. The van der Waals surface area contributed by atoms with Gasteiger partial charge in [0.05, 0.1) is 16.1 Å². The molecule has 1 N–H and O–H groups in total. The molecule has 1 aromatic heterocycles. The predicted molar refractivity (Wildman–Crippen MR) is 90.5 cm³/mol. The number of fused-ring (bicyclic) bond motifs is 2. The third-order valence-corrected chi connectivity index (χ3v) is 4.44. The first kappa shape index (κ1) is 15.4. The first-order chi connectivity index (χ1) is 12.1. The van der Waals surface area contributed by atoms with E-state index in [2.05, 4.69) is 4.98 Å². The number of benzene rings is 2. The molecule has 0 spiro atoms. The van der Waals surface area contributed by atoms with Gasteiger partial charge in [-0.3, -0.25) is 9.59 Å². The van der Waals surface area contributed by atoms with Crippen LogP contribution in [0.1, 0.15) is 31.2 Å². The molecule has 0 saturated heterocycles. The second-order valence-electron chi connectivity index (χ2n) is 5.50. The minimum atomic E-state index is -0.738. The second-order valence-corrected chi connectivity index (χ2v) is 5.88. The number of rotatable bonds is 3. The number of halogens is 1. The third-order valence-electron chi connectivity index (χ3n) is 4.05. The Balaban J connectivity index is 1.54. The van der Waals surface area contributed by atoms with Crippen LogP contribution >= 0.6 is 11.6 Å². The molecule has 2 aromatic carbocycles. The molecule has 7 heteroatoms. The average Bonchev–Trinajstić information content (AvgIpc) is 3.09. The normalized spacial score (nSPS) is 13.4. The number of carbonyl (C=O) groups excluding carboxylic acids is 3. The molecule has 0 bridgehead atoms. The number of hydrogen-bond acceptors (Lipinski definition) is 4. The molecule has 0 atom stereocenters. The largest absolute Gasteiger partial charge is 0.439 e. The van der Waals surface area contributed by atoms with Gasteiger partial charge in [-0.15, -0.1) is 0 Å². The summed E-state index contributed by atoms with van der Waals surface area (Å²) >= 11 is 6.20. The van der Waals surface area contributed by atoms with Crippen LogP contribution in [0.25, 0.3) is 10.9 Å². The van der Waals surface area contributed by atoms with Crippen molar-refractivity contribution in [1.82, 2.24) is 9.88 Å². The Bertz CT molecular complexity index is 1010. The number of hydrogen-bond donors (Lipinski definition) is 1. The Hall–Kier alpha value is -3.12. The zero-order valence-corrected chi connectivity index (χ0v) is 13.5. The maximum Gasteiger partial charge on any atom is 0.358 e. The quantitative estimate of drug-likeness (QED) is 0.578. The Labute approximate surface area is 146 Å². The molecule has 1 aliphatic rings. The molecular formula is C18H11ClN2O4. The second kappa shape index (κ2) is 5.75. The molecule has 124 valence electrons. The minimum Gasteiger partial charge on any atom is -0.439 e. The van der Waals surface area contributed by atoms with Gasteiger partial charge in [0.2, 0.25) is 0 Å². The maximum atomic E-state index is 12.3. The van der Waals surface area contributed by atoms with E-state index in [1.807, 2.05) is 6.07 Å². The highest BCUT2D eigenvalue weighted by molar-refractivity contribution is 6.38. The molecule has 0 unspecified atom stereocenters. The number of carbonyl (C=O) groups is 3. The molecule has 0 radical (unpaired) electrons. The summed E-state index contributed by atoms with van der Waals surface area (Å²) in [6.45, 7) is -0.475. The average molecular weight is 355 g/mol. The minimum absolute atomic E-state index is 0.0828. The number of amides is 2. The van der Waals surface area contributed by atoms with Crippen LogP contribution in [0.15, 0.2) is 48.5 Å². The van der Waals surface area contributed by atoms with E-state index in [1.54, 1.807) is 42.5 Å². The first-order valence-electron chi connectivity index (χ1n) is 7.46. The first-order valence-corrected chi connectivity index (χ1v) is 7.84. The van der Waals surface area contributed by atoms with Crippen molar-refractivity contribution in [2.24, 2.45) is 0 Å². The van der Waals surface area contributed by atoms with E-state index >= 15 is 0 Å². The standard InChI is InChI=1S/C18H11ClN2O4/c19-14-12-7-3-4-8-13(12)20-15(14)18(24)25-9-21-16(22)10-5-1-2-6-11(10)17(21)23/h1-8,20H,9H2. The lowest BCUT2D eigenvalue weighted by Crippen LogP contribution is -2.33. The molecule has 0 saturated carbocycles. The lowest BCUT2D eigenvalue weighted by atomic mass is 10.1. The van der Waals surface area contributed by atoms with Crippen LogP contribution < -0.4 is 0 Å². The summed E-state index contributed by atoms with van der Waals surface area (Å²) in [4.78, 5) is 40.6. The van der Waals surface area contributed by atoms with Crippen molar-refractivity contribution < 1.29 is 19.1 Å². The number of nitrogens with one attached hydrogen (secondary N) is 1. The number of aromatic nitrogens is 1. The van der Waals surface area contributed by atoms with Crippen LogP contribution in [0.4, 0.5) is 0 Å². The zero-order chi connectivity index (χ0) is 17.6. The molecule has 2 amide bonds. The molecule has 25 heavy (non-hydrogen) atoms. The summed E-state index contributed by atoms with van der Waals surface area (Å²) in [5.74, 6) is -1.72. The number of esters is 1. The number of ether oxygens (including phenoxy) is 1. The molecule has 1 aliphatic heterocycles. The summed E-state index contributed by atoms with van der Waals surface area (Å²) in [5.41, 5.74) is 1.37. The van der Waals surface area contributed by atoms with Crippen molar-refractivity contribution in [3.05, 3.63) is 70.4 Å². The highest BCUT2D eigenvalue weighted by Crippen LogP contribution is 2.28. The Morgan fingerprint density at radius 3 is 2.24 bits per heavy atom. The summed E-state index contributed by atoms with van der Waals surface area (Å²) in [5, 5.41) is 0.930. The number of nitrogens with zero attached hydrogens (tertiary/aromatic N) is 1. The summed E-state index contributed by atoms with van der Waals surface area (Å²) in [6, 6.07) is 13.6. The summed E-state index contributed by atoms with van der Waals surface area (Å²) < 4.78 is 5.12. The Morgan fingerprint density at radius 2 is 1.60 bits per heavy atom. The van der Waals surface area contributed by atoms with E-state index in [-0.39, 0.29) is 10.7 Å². The predicted octanol–water partition coefficient (Wildman–Crippen LogP) is 3.23. The fourth-order valence-electron chi connectivity index (χ4n) is 2.80. The molecular weight excluding hydrogens is 344 g/mol. The Morgan fingerprint density at radius 1 is 1.00 bits per heavy atom.